The van der Waals surface area contributed by atoms with Gasteiger partial charge in [0.1, 0.15) is 11.2 Å². The molecule has 12 aromatic rings. The monoisotopic (exact) mass is 844 g/mol. The number of para-hydroxylation sites is 2. The number of rotatable bonds is 7. The standard InChI is InChI=1S/C63H44N2O/c1-63(2)57-19-11-9-17-51(57)52-33-32-50(40-58(52)63)64(48-28-21-42(22-29-48)41-13-5-3-6-14-41)49-30-23-43(24-31-49)44-26-35-61-55(38-44)56-39-46(27-36-62(56)66-61)45-25-34-60-54(37-45)53-18-10-12-20-59(53)65(60)47-15-7-4-8-16-47/h3-40H,1-2H3. The van der Waals surface area contributed by atoms with Crippen LogP contribution in [0.15, 0.2) is 235 Å². The molecule has 0 unspecified atom stereocenters. The quantitative estimate of drug-likeness (QED) is 0.159. The summed E-state index contributed by atoms with van der Waals surface area (Å²) in [5, 5.41) is 4.70. The van der Waals surface area contributed by atoms with Gasteiger partial charge in [-0.1, -0.05) is 153 Å². The van der Waals surface area contributed by atoms with Crippen LogP contribution >= 0.6 is 0 Å². The summed E-state index contributed by atoms with van der Waals surface area (Å²) >= 11 is 0. The zero-order valence-corrected chi connectivity index (χ0v) is 36.7. The van der Waals surface area contributed by atoms with Crippen LogP contribution in [-0.2, 0) is 5.41 Å². The summed E-state index contributed by atoms with van der Waals surface area (Å²) in [5.41, 5.74) is 21.0. The average molecular weight is 845 g/mol. The Morgan fingerprint density at radius 1 is 0.348 bits per heavy atom. The Morgan fingerprint density at radius 3 is 1.53 bits per heavy atom. The van der Waals surface area contributed by atoms with Crippen molar-refractivity contribution in [3.05, 3.63) is 242 Å². The van der Waals surface area contributed by atoms with Gasteiger partial charge in [0.2, 0.25) is 0 Å². The Hall–Kier alpha value is -8.40. The van der Waals surface area contributed by atoms with Crippen LogP contribution in [0.1, 0.15) is 25.0 Å². The van der Waals surface area contributed by atoms with E-state index in [1.807, 2.05) is 0 Å². The van der Waals surface area contributed by atoms with Crippen LogP contribution in [0, 0.1) is 0 Å². The molecule has 3 heteroatoms. The highest BCUT2D eigenvalue weighted by Crippen LogP contribution is 2.51. The molecule has 0 saturated heterocycles. The summed E-state index contributed by atoms with van der Waals surface area (Å²) in [7, 11) is 0. The Balaban J connectivity index is 0.871. The lowest BCUT2D eigenvalue weighted by Crippen LogP contribution is -2.16. The van der Waals surface area contributed by atoms with Crippen molar-refractivity contribution in [1.29, 1.82) is 0 Å². The van der Waals surface area contributed by atoms with Crippen LogP contribution in [0.25, 0.3) is 93.9 Å². The maximum Gasteiger partial charge on any atom is 0.135 e. The third-order valence-electron chi connectivity index (χ3n) is 14.0. The molecular formula is C63H44N2O. The second-order valence-corrected chi connectivity index (χ2v) is 18.1. The van der Waals surface area contributed by atoms with Crippen molar-refractivity contribution < 1.29 is 4.42 Å². The molecule has 0 radical (unpaired) electrons. The van der Waals surface area contributed by atoms with Gasteiger partial charge < -0.3 is 13.9 Å². The Labute approximate surface area is 384 Å². The maximum atomic E-state index is 6.46. The minimum absolute atomic E-state index is 0.108. The Kier molecular flexibility index (Phi) is 8.56. The molecule has 0 atom stereocenters. The average Bonchev–Trinajstić information content (AvgIpc) is 3.99. The molecule has 0 saturated carbocycles. The van der Waals surface area contributed by atoms with Crippen molar-refractivity contribution >= 4 is 60.8 Å². The zero-order valence-electron chi connectivity index (χ0n) is 36.7. The smallest absolute Gasteiger partial charge is 0.135 e. The van der Waals surface area contributed by atoms with E-state index in [9.17, 15) is 0 Å². The molecule has 0 bridgehead atoms. The molecule has 1 aliphatic rings. The van der Waals surface area contributed by atoms with Crippen LogP contribution in [0.2, 0.25) is 0 Å². The largest absolute Gasteiger partial charge is 0.456 e. The molecule has 2 heterocycles. The Morgan fingerprint density at radius 2 is 0.833 bits per heavy atom. The van der Waals surface area contributed by atoms with Crippen LogP contribution in [0.3, 0.4) is 0 Å². The summed E-state index contributed by atoms with van der Waals surface area (Å²) in [4.78, 5) is 2.39. The van der Waals surface area contributed by atoms with Crippen molar-refractivity contribution in [1.82, 2.24) is 4.57 Å². The van der Waals surface area contributed by atoms with E-state index in [2.05, 4.69) is 254 Å². The van der Waals surface area contributed by atoms with Gasteiger partial charge >= 0.3 is 0 Å². The van der Waals surface area contributed by atoms with Crippen molar-refractivity contribution in [2.75, 3.05) is 4.90 Å². The molecule has 13 rings (SSSR count). The number of aromatic nitrogens is 1. The van der Waals surface area contributed by atoms with Gasteiger partial charge in [-0.15, -0.1) is 0 Å². The van der Waals surface area contributed by atoms with Gasteiger partial charge in [-0.25, -0.2) is 0 Å². The SMILES string of the molecule is CC1(C)c2ccccc2-c2ccc(N(c3ccc(-c4ccccc4)cc3)c3ccc(-c4ccc5oc6ccc(-c7ccc8c(c7)c7ccccc7n8-c7ccccc7)cc6c5c4)cc3)cc21. The van der Waals surface area contributed by atoms with Crippen molar-refractivity contribution in [3.63, 3.8) is 0 Å². The third-order valence-corrected chi connectivity index (χ3v) is 14.0. The highest BCUT2D eigenvalue weighted by atomic mass is 16.3. The van der Waals surface area contributed by atoms with Gasteiger partial charge in [-0.05, 0) is 147 Å². The number of benzene rings is 10. The normalized spacial score (nSPS) is 12.8. The lowest BCUT2D eigenvalue weighted by atomic mass is 9.82. The van der Waals surface area contributed by atoms with E-state index in [0.29, 0.717) is 0 Å². The first-order chi connectivity index (χ1) is 32.5. The molecule has 0 aliphatic heterocycles. The van der Waals surface area contributed by atoms with Crippen LogP contribution < -0.4 is 4.90 Å². The summed E-state index contributed by atoms with van der Waals surface area (Å²) in [6.07, 6.45) is 0. The van der Waals surface area contributed by atoms with Gasteiger partial charge in [0.25, 0.3) is 0 Å². The van der Waals surface area contributed by atoms with Crippen LogP contribution in [0.5, 0.6) is 0 Å². The predicted octanol–water partition coefficient (Wildman–Crippen LogP) is 17.5. The van der Waals surface area contributed by atoms with Crippen molar-refractivity contribution in [3.8, 4) is 50.2 Å². The summed E-state index contributed by atoms with van der Waals surface area (Å²) in [5.74, 6) is 0. The summed E-state index contributed by atoms with van der Waals surface area (Å²) in [6, 6.07) is 83.8. The van der Waals surface area contributed by atoms with Gasteiger partial charge in [-0.3, -0.25) is 0 Å². The van der Waals surface area contributed by atoms with Gasteiger partial charge in [0.15, 0.2) is 0 Å². The van der Waals surface area contributed by atoms with E-state index in [-0.39, 0.29) is 5.41 Å². The number of fused-ring (bicyclic) bond motifs is 9. The molecule has 0 N–H and O–H groups in total. The number of nitrogens with zero attached hydrogens (tertiary/aromatic N) is 2. The third kappa shape index (κ3) is 6.04. The Bertz CT molecular complexity index is 3820. The minimum Gasteiger partial charge on any atom is -0.456 e. The number of hydrogen-bond acceptors (Lipinski definition) is 2. The van der Waals surface area contributed by atoms with Crippen molar-refractivity contribution in [2.45, 2.75) is 19.3 Å². The second-order valence-electron chi connectivity index (χ2n) is 18.1. The number of furan rings is 1. The van der Waals surface area contributed by atoms with E-state index in [1.165, 1.54) is 60.8 Å². The molecule has 312 valence electrons. The summed E-state index contributed by atoms with van der Waals surface area (Å²) in [6.45, 7) is 4.70. The highest BCUT2D eigenvalue weighted by molar-refractivity contribution is 6.11. The lowest BCUT2D eigenvalue weighted by molar-refractivity contribution is 0.660. The fourth-order valence-corrected chi connectivity index (χ4v) is 10.7. The fourth-order valence-electron chi connectivity index (χ4n) is 10.7. The molecule has 0 amide bonds. The minimum atomic E-state index is -0.108. The second kappa shape index (κ2) is 14.8. The first-order valence-electron chi connectivity index (χ1n) is 22.8. The van der Waals surface area contributed by atoms with E-state index in [0.717, 1.165) is 61.4 Å². The summed E-state index contributed by atoms with van der Waals surface area (Å²) < 4.78 is 8.82. The molecule has 3 nitrogen and oxygen atoms in total. The van der Waals surface area contributed by atoms with Crippen LogP contribution in [0.4, 0.5) is 17.1 Å². The van der Waals surface area contributed by atoms with Gasteiger partial charge in [0, 0.05) is 49.7 Å². The predicted molar refractivity (Wildman–Crippen MR) is 277 cm³/mol. The van der Waals surface area contributed by atoms with E-state index >= 15 is 0 Å². The topological polar surface area (TPSA) is 21.3 Å². The molecule has 66 heavy (non-hydrogen) atoms. The van der Waals surface area contributed by atoms with Gasteiger partial charge in [-0.2, -0.15) is 0 Å². The zero-order chi connectivity index (χ0) is 43.9. The number of hydrogen-bond donors (Lipinski definition) is 0. The van der Waals surface area contributed by atoms with E-state index in [4.69, 9.17) is 4.42 Å². The highest BCUT2D eigenvalue weighted by Gasteiger charge is 2.35. The molecule has 10 aromatic carbocycles. The fraction of sp³-hybridized carbons (Fsp3) is 0.0476. The maximum absolute atomic E-state index is 6.46. The molecule has 2 aromatic heterocycles. The first-order valence-corrected chi connectivity index (χ1v) is 22.8. The van der Waals surface area contributed by atoms with Crippen molar-refractivity contribution in [2.24, 2.45) is 0 Å². The molecular weight excluding hydrogens is 801 g/mol. The molecule has 1 aliphatic carbocycles. The van der Waals surface area contributed by atoms with Gasteiger partial charge in [0.05, 0.1) is 11.0 Å². The first kappa shape index (κ1) is 38.1. The lowest BCUT2D eigenvalue weighted by Gasteiger charge is -2.28. The number of anilines is 3. The van der Waals surface area contributed by atoms with Crippen LogP contribution in [-0.4, -0.2) is 4.57 Å². The van der Waals surface area contributed by atoms with E-state index in [1.54, 1.807) is 0 Å². The molecule has 0 spiro atoms. The molecule has 0 fully saturated rings. The van der Waals surface area contributed by atoms with E-state index < -0.39 is 0 Å².